The smallest absolute Gasteiger partial charge is 0.223 e. The van der Waals surface area contributed by atoms with Crippen LogP contribution < -0.4 is 11.1 Å². The SMILES string of the molecule is CC(C)CC(CC(=O)N(C)Cc1ccccc1)C(=O)NC(Cc1ccccc1)C(O)C(N)Cc1ccccc1.Cl. The largest absolute Gasteiger partial charge is 0.389 e. The zero-order valence-corrected chi connectivity index (χ0v) is 24.6. The van der Waals surface area contributed by atoms with Gasteiger partial charge in [-0.1, -0.05) is 105 Å². The summed E-state index contributed by atoms with van der Waals surface area (Å²) in [6.07, 6.45) is 0.636. The van der Waals surface area contributed by atoms with Gasteiger partial charge in [-0.3, -0.25) is 9.59 Å². The summed E-state index contributed by atoms with van der Waals surface area (Å²) in [5.74, 6) is -0.588. The highest BCUT2D eigenvalue weighted by Crippen LogP contribution is 2.20. The molecule has 40 heavy (non-hydrogen) atoms. The lowest BCUT2D eigenvalue weighted by molar-refractivity contribution is -0.136. The van der Waals surface area contributed by atoms with Crippen LogP contribution in [-0.2, 0) is 29.0 Å². The highest BCUT2D eigenvalue weighted by molar-refractivity contribution is 5.86. The van der Waals surface area contributed by atoms with E-state index in [4.69, 9.17) is 5.73 Å². The molecule has 3 rings (SSSR count). The maximum atomic E-state index is 13.6. The average Bonchev–Trinajstić information content (AvgIpc) is 2.93. The van der Waals surface area contributed by atoms with Gasteiger partial charge in [0, 0.05) is 32.0 Å². The number of benzene rings is 3. The molecule has 0 aliphatic rings. The van der Waals surface area contributed by atoms with E-state index in [9.17, 15) is 14.7 Å². The van der Waals surface area contributed by atoms with Gasteiger partial charge in [-0.2, -0.15) is 0 Å². The second-order valence-corrected chi connectivity index (χ2v) is 10.9. The molecule has 0 saturated carbocycles. The Morgan fingerprint density at radius 1 is 0.825 bits per heavy atom. The van der Waals surface area contributed by atoms with Gasteiger partial charge in [0.05, 0.1) is 12.1 Å². The van der Waals surface area contributed by atoms with Crippen molar-refractivity contribution >= 4 is 24.2 Å². The number of nitrogens with two attached hydrogens (primary N) is 1. The normalized spacial score (nSPS) is 13.9. The number of aliphatic hydroxyl groups excluding tert-OH is 1. The lowest BCUT2D eigenvalue weighted by atomic mass is 9.90. The number of aliphatic hydroxyl groups is 1. The van der Waals surface area contributed by atoms with E-state index in [1.54, 1.807) is 11.9 Å². The number of rotatable bonds is 14. The van der Waals surface area contributed by atoms with Gasteiger partial charge in [0.15, 0.2) is 0 Å². The van der Waals surface area contributed by atoms with E-state index in [0.29, 0.717) is 25.8 Å². The molecule has 0 aromatic heterocycles. The minimum absolute atomic E-state index is 0. The van der Waals surface area contributed by atoms with E-state index in [0.717, 1.165) is 16.7 Å². The van der Waals surface area contributed by atoms with Gasteiger partial charge in [0.1, 0.15) is 0 Å². The average molecular weight is 566 g/mol. The molecule has 216 valence electrons. The van der Waals surface area contributed by atoms with Crippen LogP contribution in [-0.4, -0.2) is 47.1 Å². The molecule has 0 spiro atoms. The van der Waals surface area contributed by atoms with Crippen molar-refractivity contribution in [2.75, 3.05) is 7.05 Å². The first-order chi connectivity index (χ1) is 18.7. The van der Waals surface area contributed by atoms with Gasteiger partial charge in [-0.25, -0.2) is 0 Å². The van der Waals surface area contributed by atoms with Crippen LogP contribution in [0.4, 0.5) is 0 Å². The molecular formula is C33H44ClN3O3. The number of halogens is 1. The molecule has 0 aliphatic carbocycles. The molecule has 6 nitrogen and oxygen atoms in total. The number of carbonyl (C=O) groups is 2. The molecule has 2 amide bonds. The lowest BCUT2D eigenvalue weighted by Gasteiger charge is -2.31. The van der Waals surface area contributed by atoms with Gasteiger partial charge < -0.3 is 21.1 Å². The summed E-state index contributed by atoms with van der Waals surface area (Å²) >= 11 is 0. The molecule has 0 saturated heterocycles. The molecule has 4 N–H and O–H groups in total. The Hall–Kier alpha value is -3.19. The summed E-state index contributed by atoms with van der Waals surface area (Å²) in [5.41, 5.74) is 9.53. The minimum Gasteiger partial charge on any atom is -0.389 e. The van der Waals surface area contributed by atoms with Crippen LogP contribution in [0.3, 0.4) is 0 Å². The highest BCUT2D eigenvalue weighted by atomic mass is 35.5. The Kier molecular flexibility index (Phi) is 13.9. The van der Waals surface area contributed by atoms with Gasteiger partial charge in [0.25, 0.3) is 0 Å². The van der Waals surface area contributed by atoms with Gasteiger partial charge in [-0.15, -0.1) is 12.4 Å². The molecular weight excluding hydrogens is 522 g/mol. The second-order valence-electron chi connectivity index (χ2n) is 10.9. The van der Waals surface area contributed by atoms with Crippen LogP contribution in [0.25, 0.3) is 0 Å². The van der Waals surface area contributed by atoms with Crippen molar-refractivity contribution in [2.24, 2.45) is 17.6 Å². The van der Waals surface area contributed by atoms with E-state index in [1.165, 1.54) is 0 Å². The number of nitrogens with zero attached hydrogens (tertiary/aromatic N) is 1. The van der Waals surface area contributed by atoms with Crippen LogP contribution in [0.1, 0.15) is 43.4 Å². The first-order valence-electron chi connectivity index (χ1n) is 13.8. The monoisotopic (exact) mass is 565 g/mol. The fourth-order valence-electron chi connectivity index (χ4n) is 4.90. The van der Waals surface area contributed by atoms with E-state index in [2.05, 4.69) is 5.32 Å². The van der Waals surface area contributed by atoms with E-state index in [1.807, 2.05) is 105 Å². The maximum absolute atomic E-state index is 13.6. The molecule has 0 bridgehead atoms. The highest BCUT2D eigenvalue weighted by Gasteiger charge is 2.31. The molecule has 0 radical (unpaired) electrons. The number of nitrogens with one attached hydrogen (secondary N) is 1. The standard InChI is InChI=1S/C33H43N3O3.ClH/c1-24(2)19-28(22-31(37)36(3)23-27-17-11-6-12-18-27)33(39)35-30(21-26-15-9-5-10-16-26)32(38)29(34)20-25-13-7-4-8-14-25;/h4-18,24,28-30,32,38H,19-23,34H2,1-3H3,(H,35,39);1H. The van der Waals surface area contributed by atoms with Crippen LogP contribution in [0.2, 0.25) is 0 Å². The summed E-state index contributed by atoms with van der Waals surface area (Å²) < 4.78 is 0. The Balaban J connectivity index is 0.00000560. The van der Waals surface area contributed by atoms with E-state index < -0.39 is 24.1 Å². The van der Waals surface area contributed by atoms with E-state index in [-0.39, 0.29) is 36.6 Å². The number of amides is 2. The van der Waals surface area contributed by atoms with Crippen molar-refractivity contribution < 1.29 is 14.7 Å². The molecule has 7 heteroatoms. The van der Waals surface area contributed by atoms with Gasteiger partial charge >= 0.3 is 0 Å². The number of hydrogen-bond donors (Lipinski definition) is 3. The Labute approximate surface area is 245 Å². The first kappa shape index (κ1) is 33.0. The lowest BCUT2D eigenvalue weighted by Crippen LogP contribution is -2.54. The molecule has 0 aliphatic heterocycles. The van der Waals surface area contributed by atoms with Crippen molar-refractivity contribution in [3.05, 3.63) is 108 Å². The fourth-order valence-corrected chi connectivity index (χ4v) is 4.90. The third-order valence-electron chi connectivity index (χ3n) is 7.03. The van der Waals surface area contributed by atoms with Crippen LogP contribution in [0.5, 0.6) is 0 Å². The summed E-state index contributed by atoms with van der Waals surface area (Å²) in [7, 11) is 1.77. The van der Waals surface area contributed by atoms with Gasteiger partial charge in [-0.05, 0) is 41.9 Å². The Morgan fingerprint density at radius 3 is 1.80 bits per heavy atom. The molecule has 3 aromatic carbocycles. The van der Waals surface area contributed by atoms with Crippen molar-refractivity contribution in [2.45, 2.75) is 64.3 Å². The predicted octanol–water partition coefficient (Wildman–Crippen LogP) is 4.78. The summed E-state index contributed by atoms with van der Waals surface area (Å²) in [6, 6.07) is 28.2. The molecule has 3 aromatic rings. The van der Waals surface area contributed by atoms with Crippen molar-refractivity contribution in [1.29, 1.82) is 0 Å². The number of carbonyl (C=O) groups excluding carboxylic acids is 2. The summed E-state index contributed by atoms with van der Waals surface area (Å²) in [6.45, 7) is 4.58. The number of hydrogen-bond acceptors (Lipinski definition) is 4. The van der Waals surface area contributed by atoms with Gasteiger partial charge in [0.2, 0.25) is 11.8 Å². The Bertz CT molecular complexity index is 1150. The molecule has 0 fully saturated rings. The maximum Gasteiger partial charge on any atom is 0.223 e. The van der Waals surface area contributed by atoms with Crippen molar-refractivity contribution in [3.8, 4) is 0 Å². The Morgan fingerprint density at radius 2 is 1.30 bits per heavy atom. The molecule has 0 heterocycles. The zero-order valence-electron chi connectivity index (χ0n) is 23.8. The zero-order chi connectivity index (χ0) is 28.2. The predicted molar refractivity (Wildman–Crippen MR) is 164 cm³/mol. The summed E-state index contributed by atoms with van der Waals surface area (Å²) in [4.78, 5) is 28.5. The molecule has 4 unspecified atom stereocenters. The molecule has 4 atom stereocenters. The topological polar surface area (TPSA) is 95.7 Å². The minimum atomic E-state index is -0.967. The van der Waals surface area contributed by atoms with Crippen molar-refractivity contribution in [1.82, 2.24) is 10.2 Å². The fraction of sp³-hybridized carbons (Fsp3) is 0.394. The van der Waals surface area contributed by atoms with Crippen molar-refractivity contribution in [3.63, 3.8) is 0 Å². The third kappa shape index (κ3) is 10.8. The van der Waals surface area contributed by atoms with Crippen LogP contribution in [0, 0.1) is 11.8 Å². The summed E-state index contributed by atoms with van der Waals surface area (Å²) in [5, 5.41) is 14.4. The van der Waals surface area contributed by atoms with Crippen LogP contribution >= 0.6 is 12.4 Å². The quantitative estimate of drug-likeness (QED) is 0.262. The van der Waals surface area contributed by atoms with Crippen LogP contribution in [0.15, 0.2) is 91.0 Å². The first-order valence-corrected chi connectivity index (χ1v) is 13.8. The van der Waals surface area contributed by atoms with E-state index >= 15 is 0 Å². The third-order valence-corrected chi connectivity index (χ3v) is 7.03. The second kappa shape index (κ2) is 16.8.